The average Bonchev–Trinajstić information content (AvgIpc) is 3.04. The second-order valence-electron chi connectivity index (χ2n) is 6.33. The van der Waals surface area contributed by atoms with Gasteiger partial charge in [-0.2, -0.15) is 0 Å². The van der Waals surface area contributed by atoms with Crippen LogP contribution in [0.5, 0.6) is 5.75 Å². The van der Waals surface area contributed by atoms with Gasteiger partial charge in [0, 0.05) is 31.3 Å². The molecule has 7 heteroatoms. The van der Waals surface area contributed by atoms with E-state index in [9.17, 15) is 14.4 Å². The lowest BCUT2D eigenvalue weighted by Crippen LogP contribution is -2.28. The SMILES string of the molecule is COc1ccc(NC(C)=O)cc1NC(=O)[C@H]1CC(=O)N(c2ccccc2)C1. The molecular formula is C20H21N3O4. The molecule has 27 heavy (non-hydrogen) atoms. The van der Waals surface area contributed by atoms with Gasteiger partial charge in [-0.15, -0.1) is 0 Å². The Morgan fingerprint density at radius 3 is 2.52 bits per heavy atom. The van der Waals surface area contributed by atoms with Crippen molar-refractivity contribution < 1.29 is 19.1 Å². The van der Waals surface area contributed by atoms with Crippen LogP contribution in [0.15, 0.2) is 48.5 Å². The Kier molecular flexibility index (Phi) is 5.40. The van der Waals surface area contributed by atoms with Gasteiger partial charge in [0.1, 0.15) is 5.75 Å². The Morgan fingerprint density at radius 1 is 1.11 bits per heavy atom. The highest BCUT2D eigenvalue weighted by atomic mass is 16.5. The summed E-state index contributed by atoms with van der Waals surface area (Å²) in [5.74, 6) is -0.550. The fourth-order valence-electron chi connectivity index (χ4n) is 3.06. The Labute approximate surface area is 157 Å². The van der Waals surface area contributed by atoms with Crippen LogP contribution in [0.2, 0.25) is 0 Å². The van der Waals surface area contributed by atoms with Crippen molar-refractivity contribution in [2.75, 3.05) is 29.2 Å². The fraction of sp³-hybridized carbons (Fsp3) is 0.250. The summed E-state index contributed by atoms with van der Waals surface area (Å²) in [5.41, 5.74) is 1.77. The lowest BCUT2D eigenvalue weighted by Gasteiger charge is -2.17. The minimum Gasteiger partial charge on any atom is -0.495 e. The van der Waals surface area contributed by atoms with E-state index in [1.165, 1.54) is 14.0 Å². The number of methoxy groups -OCH3 is 1. The summed E-state index contributed by atoms with van der Waals surface area (Å²) < 4.78 is 5.28. The first-order chi connectivity index (χ1) is 13.0. The van der Waals surface area contributed by atoms with E-state index in [4.69, 9.17) is 4.74 Å². The zero-order valence-corrected chi connectivity index (χ0v) is 15.2. The Hall–Kier alpha value is -3.35. The highest BCUT2D eigenvalue weighted by molar-refractivity contribution is 6.04. The molecule has 0 saturated carbocycles. The van der Waals surface area contributed by atoms with E-state index in [1.807, 2.05) is 30.3 Å². The number of hydrogen-bond acceptors (Lipinski definition) is 4. The van der Waals surface area contributed by atoms with E-state index in [-0.39, 0.29) is 24.1 Å². The molecule has 1 heterocycles. The molecule has 1 aliphatic rings. The largest absolute Gasteiger partial charge is 0.495 e. The number of nitrogens with zero attached hydrogens (tertiary/aromatic N) is 1. The predicted octanol–water partition coefficient (Wildman–Crippen LogP) is 2.65. The molecule has 0 spiro atoms. The number of amides is 3. The van der Waals surface area contributed by atoms with Gasteiger partial charge in [-0.05, 0) is 30.3 Å². The molecule has 2 aromatic rings. The van der Waals surface area contributed by atoms with Gasteiger partial charge in [-0.3, -0.25) is 14.4 Å². The molecule has 1 fully saturated rings. The summed E-state index contributed by atoms with van der Waals surface area (Å²) in [6.45, 7) is 1.73. The lowest BCUT2D eigenvalue weighted by atomic mass is 10.1. The number of anilines is 3. The molecule has 3 rings (SSSR count). The number of benzene rings is 2. The number of para-hydroxylation sites is 1. The van der Waals surface area contributed by atoms with Crippen LogP contribution in [0.3, 0.4) is 0 Å². The van der Waals surface area contributed by atoms with Crippen molar-refractivity contribution in [3.63, 3.8) is 0 Å². The van der Waals surface area contributed by atoms with Gasteiger partial charge >= 0.3 is 0 Å². The Balaban J connectivity index is 1.74. The Morgan fingerprint density at radius 2 is 1.85 bits per heavy atom. The van der Waals surface area contributed by atoms with Crippen molar-refractivity contribution in [2.45, 2.75) is 13.3 Å². The van der Waals surface area contributed by atoms with Crippen molar-refractivity contribution in [3.05, 3.63) is 48.5 Å². The van der Waals surface area contributed by atoms with E-state index in [2.05, 4.69) is 10.6 Å². The van der Waals surface area contributed by atoms with E-state index in [0.717, 1.165) is 5.69 Å². The van der Waals surface area contributed by atoms with Crippen LogP contribution < -0.4 is 20.3 Å². The molecule has 0 aliphatic carbocycles. The molecule has 0 bridgehead atoms. The fourth-order valence-corrected chi connectivity index (χ4v) is 3.06. The molecule has 1 atom stereocenters. The minimum absolute atomic E-state index is 0.0830. The molecule has 3 amide bonds. The van der Waals surface area contributed by atoms with Crippen molar-refractivity contribution in [2.24, 2.45) is 5.92 Å². The smallest absolute Gasteiger partial charge is 0.229 e. The van der Waals surface area contributed by atoms with E-state index in [0.29, 0.717) is 23.7 Å². The van der Waals surface area contributed by atoms with Crippen molar-refractivity contribution in [1.29, 1.82) is 0 Å². The predicted molar refractivity (Wildman–Crippen MR) is 103 cm³/mol. The van der Waals surface area contributed by atoms with Crippen LogP contribution in [-0.4, -0.2) is 31.4 Å². The van der Waals surface area contributed by atoms with Gasteiger partial charge in [-0.1, -0.05) is 18.2 Å². The first-order valence-electron chi connectivity index (χ1n) is 8.60. The van der Waals surface area contributed by atoms with Gasteiger partial charge in [0.25, 0.3) is 0 Å². The average molecular weight is 367 g/mol. The third-order valence-corrected chi connectivity index (χ3v) is 4.34. The molecule has 140 valence electrons. The van der Waals surface area contributed by atoms with Crippen LogP contribution in [0.1, 0.15) is 13.3 Å². The quantitative estimate of drug-likeness (QED) is 0.850. The van der Waals surface area contributed by atoms with Crippen molar-refractivity contribution in [3.8, 4) is 5.75 Å². The summed E-state index contributed by atoms with van der Waals surface area (Å²) in [6, 6.07) is 14.3. The van der Waals surface area contributed by atoms with Gasteiger partial charge < -0.3 is 20.3 Å². The van der Waals surface area contributed by atoms with E-state index < -0.39 is 5.92 Å². The number of carbonyl (C=O) groups excluding carboxylic acids is 3. The molecule has 1 saturated heterocycles. The molecule has 7 nitrogen and oxygen atoms in total. The third kappa shape index (κ3) is 4.25. The highest BCUT2D eigenvalue weighted by Crippen LogP contribution is 2.30. The van der Waals surface area contributed by atoms with Crippen LogP contribution in [-0.2, 0) is 14.4 Å². The summed E-state index contributed by atoms with van der Waals surface area (Å²) in [4.78, 5) is 37.9. The third-order valence-electron chi connectivity index (χ3n) is 4.34. The van der Waals surface area contributed by atoms with Crippen LogP contribution in [0.25, 0.3) is 0 Å². The minimum atomic E-state index is -0.466. The second kappa shape index (κ2) is 7.90. The van der Waals surface area contributed by atoms with Crippen molar-refractivity contribution >= 4 is 34.8 Å². The van der Waals surface area contributed by atoms with Crippen LogP contribution in [0.4, 0.5) is 17.1 Å². The van der Waals surface area contributed by atoms with E-state index in [1.54, 1.807) is 23.1 Å². The summed E-state index contributed by atoms with van der Waals surface area (Å²) in [6.07, 6.45) is 0.147. The van der Waals surface area contributed by atoms with Crippen molar-refractivity contribution in [1.82, 2.24) is 0 Å². The Bertz CT molecular complexity index is 867. The number of nitrogens with one attached hydrogen (secondary N) is 2. The molecule has 2 N–H and O–H groups in total. The van der Waals surface area contributed by atoms with E-state index >= 15 is 0 Å². The molecular weight excluding hydrogens is 346 g/mol. The molecule has 1 aliphatic heterocycles. The maximum Gasteiger partial charge on any atom is 0.229 e. The van der Waals surface area contributed by atoms with Gasteiger partial charge in [-0.25, -0.2) is 0 Å². The standard InChI is InChI=1S/C20H21N3O4/c1-13(24)21-15-8-9-18(27-2)17(11-15)22-20(26)14-10-19(25)23(12-14)16-6-4-3-5-7-16/h3-9,11,14H,10,12H2,1-2H3,(H,21,24)(H,22,26)/t14-/m0/s1. The molecule has 0 unspecified atom stereocenters. The second-order valence-corrected chi connectivity index (χ2v) is 6.33. The zero-order valence-electron chi connectivity index (χ0n) is 15.2. The maximum atomic E-state index is 12.7. The number of carbonyl (C=O) groups is 3. The topological polar surface area (TPSA) is 87.7 Å². The normalized spacial score (nSPS) is 16.1. The lowest BCUT2D eigenvalue weighted by molar-refractivity contribution is -0.122. The first-order valence-corrected chi connectivity index (χ1v) is 8.60. The monoisotopic (exact) mass is 367 g/mol. The van der Waals surface area contributed by atoms with Gasteiger partial charge in [0.15, 0.2) is 0 Å². The zero-order chi connectivity index (χ0) is 19.4. The summed E-state index contributed by atoms with van der Waals surface area (Å²) >= 11 is 0. The number of hydrogen-bond donors (Lipinski definition) is 2. The molecule has 0 radical (unpaired) electrons. The number of ether oxygens (including phenoxy) is 1. The molecule has 0 aromatic heterocycles. The van der Waals surface area contributed by atoms with Crippen LogP contribution in [0, 0.1) is 5.92 Å². The first kappa shape index (κ1) is 18.4. The number of rotatable bonds is 5. The van der Waals surface area contributed by atoms with Gasteiger partial charge in [0.05, 0.1) is 18.7 Å². The summed E-state index contributed by atoms with van der Waals surface area (Å²) in [7, 11) is 1.50. The highest BCUT2D eigenvalue weighted by Gasteiger charge is 2.35. The van der Waals surface area contributed by atoms with Crippen LogP contribution >= 0.6 is 0 Å². The maximum absolute atomic E-state index is 12.7. The molecule has 2 aromatic carbocycles. The summed E-state index contributed by atoms with van der Waals surface area (Å²) in [5, 5.41) is 5.48. The van der Waals surface area contributed by atoms with Gasteiger partial charge in [0.2, 0.25) is 17.7 Å².